The number of hydrogen-bond donors (Lipinski definition) is 1. The first-order chi connectivity index (χ1) is 8.60. The monoisotopic (exact) mass is 249 g/mol. The van der Waals surface area contributed by atoms with E-state index in [1.807, 2.05) is 6.92 Å². The topological polar surface area (TPSA) is 72.6 Å². The van der Waals surface area contributed by atoms with E-state index in [1.54, 1.807) is 13.2 Å². The second-order valence-electron chi connectivity index (χ2n) is 4.36. The largest absolute Gasteiger partial charge is 0.478 e. The molecular formula is C13H15NO4. The van der Waals surface area contributed by atoms with Gasteiger partial charge in [0.2, 0.25) is 0 Å². The van der Waals surface area contributed by atoms with E-state index in [2.05, 4.69) is 4.98 Å². The molecule has 0 radical (unpaired) electrons. The molecule has 0 fully saturated rings. The highest BCUT2D eigenvalue weighted by Crippen LogP contribution is 2.19. The second-order valence-corrected chi connectivity index (χ2v) is 4.36. The number of carboxylic acids is 1. The SMILES string of the molecule is COCC(C)Cc1nc2ccc(C(=O)O)cc2o1. The van der Waals surface area contributed by atoms with Gasteiger partial charge in [0.05, 0.1) is 5.56 Å². The molecule has 0 amide bonds. The molecule has 1 atom stereocenters. The molecule has 1 unspecified atom stereocenters. The number of ether oxygens (including phenoxy) is 1. The van der Waals surface area contributed by atoms with E-state index in [4.69, 9.17) is 14.3 Å². The molecule has 0 spiro atoms. The van der Waals surface area contributed by atoms with Gasteiger partial charge in [-0.3, -0.25) is 0 Å². The Bertz CT molecular complexity index is 561. The van der Waals surface area contributed by atoms with Gasteiger partial charge in [-0.1, -0.05) is 6.92 Å². The molecule has 5 nitrogen and oxygen atoms in total. The second kappa shape index (κ2) is 5.18. The van der Waals surface area contributed by atoms with Crippen LogP contribution in [0.3, 0.4) is 0 Å². The number of benzene rings is 1. The fourth-order valence-electron chi connectivity index (χ4n) is 1.83. The molecule has 0 aliphatic heterocycles. The van der Waals surface area contributed by atoms with Gasteiger partial charge in [0, 0.05) is 20.1 Å². The molecule has 1 aromatic heterocycles. The van der Waals surface area contributed by atoms with E-state index in [9.17, 15) is 4.79 Å². The fourth-order valence-corrected chi connectivity index (χ4v) is 1.83. The summed E-state index contributed by atoms with van der Waals surface area (Å²) in [6, 6.07) is 4.68. The molecule has 1 aromatic carbocycles. The zero-order valence-electron chi connectivity index (χ0n) is 10.3. The van der Waals surface area contributed by atoms with Gasteiger partial charge in [-0.2, -0.15) is 0 Å². The Kier molecular flexibility index (Phi) is 3.62. The number of nitrogens with zero attached hydrogens (tertiary/aromatic N) is 1. The van der Waals surface area contributed by atoms with Crippen LogP contribution in [-0.4, -0.2) is 29.8 Å². The predicted octanol–water partition coefficient (Wildman–Crippen LogP) is 2.35. The van der Waals surface area contributed by atoms with E-state index >= 15 is 0 Å². The third kappa shape index (κ3) is 2.68. The van der Waals surface area contributed by atoms with Crippen molar-refractivity contribution in [3.63, 3.8) is 0 Å². The van der Waals surface area contributed by atoms with E-state index in [0.29, 0.717) is 35.9 Å². The number of carbonyl (C=O) groups is 1. The molecule has 2 aromatic rings. The van der Waals surface area contributed by atoms with E-state index in [0.717, 1.165) is 0 Å². The molecule has 0 saturated carbocycles. The molecule has 18 heavy (non-hydrogen) atoms. The summed E-state index contributed by atoms with van der Waals surface area (Å²) in [5.41, 5.74) is 1.39. The molecule has 0 aliphatic rings. The molecule has 0 bridgehead atoms. The van der Waals surface area contributed by atoms with Crippen LogP contribution in [0.25, 0.3) is 11.1 Å². The van der Waals surface area contributed by atoms with E-state index < -0.39 is 5.97 Å². The maximum absolute atomic E-state index is 10.8. The third-order valence-corrected chi connectivity index (χ3v) is 2.65. The standard InChI is InChI=1S/C13H15NO4/c1-8(7-17-2)5-12-14-10-4-3-9(13(15)16)6-11(10)18-12/h3-4,6,8H,5,7H2,1-2H3,(H,15,16). The van der Waals surface area contributed by atoms with Gasteiger partial charge >= 0.3 is 5.97 Å². The number of fused-ring (bicyclic) bond motifs is 1. The van der Waals surface area contributed by atoms with Crippen LogP contribution in [0.2, 0.25) is 0 Å². The van der Waals surface area contributed by atoms with Crippen molar-refractivity contribution in [1.29, 1.82) is 0 Å². The van der Waals surface area contributed by atoms with Gasteiger partial charge in [0.1, 0.15) is 5.52 Å². The van der Waals surface area contributed by atoms with Crippen LogP contribution in [0, 0.1) is 5.92 Å². The summed E-state index contributed by atoms with van der Waals surface area (Å²) in [5, 5.41) is 8.89. The molecule has 1 N–H and O–H groups in total. The fraction of sp³-hybridized carbons (Fsp3) is 0.385. The van der Waals surface area contributed by atoms with Crippen LogP contribution in [0.4, 0.5) is 0 Å². The van der Waals surface area contributed by atoms with Crippen molar-refractivity contribution >= 4 is 17.1 Å². The maximum atomic E-state index is 10.8. The predicted molar refractivity (Wildman–Crippen MR) is 65.7 cm³/mol. The lowest BCUT2D eigenvalue weighted by Crippen LogP contribution is -2.06. The molecule has 0 saturated heterocycles. The average molecular weight is 249 g/mol. The van der Waals surface area contributed by atoms with Crippen LogP contribution in [-0.2, 0) is 11.2 Å². The lowest BCUT2D eigenvalue weighted by atomic mass is 10.1. The number of aromatic nitrogens is 1. The van der Waals surface area contributed by atoms with Crippen molar-refractivity contribution < 1.29 is 19.1 Å². The number of methoxy groups -OCH3 is 1. The Morgan fingerprint density at radius 3 is 3.00 bits per heavy atom. The first-order valence-corrected chi connectivity index (χ1v) is 5.72. The Labute approximate surface area is 104 Å². The first kappa shape index (κ1) is 12.6. The smallest absolute Gasteiger partial charge is 0.335 e. The highest BCUT2D eigenvalue weighted by Gasteiger charge is 2.12. The van der Waals surface area contributed by atoms with Gasteiger partial charge in [0.25, 0.3) is 0 Å². The highest BCUT2D eigenvalue weighted by molar-refractivity contribution is 5.91. The summed E-state index contributed by atoms with van der Waals surface area (Å²) < 4.78 is 10.6. The molecule has 0 aliphatic carbocycles. The number of hydrogen-bond acceptors (Lipinski definition) is 4. The lowest BCUT2D eigenvalue weighted by Gasteiger charge is -2.05. The quantitative estimate of drug-likeness (QED) is 0.880. The number of aromatic carboxylic acids is 1. The zero-order valence-corrected chi connectivity index (χ0v) is 10.3. The Hall–Kier alpha value is -1.88. The van der Waals surface area contributed by atoms with Gasteiger partial charge in [-0.25, -0.2) is 9.78 Å². The molecule has 5 heteroatoms. The van der Waals surface area contributed by atoms with Crippen molar-refractivity contribution in [2.75, 3.05) is 13.7 Å². The van der Waals surface area contributed by atoms with Crippen molar-refractivity contribution in [3.05, 3.63) is 29.7 Å². The normalized spacial score (nSPS) is 12.8. The van der Waals surface area contributed by atoms with E-state index in [1.165, 1.54) is 12.1 Å². The lowest BCUT2D eigenvalue weighted by molar-refractivity contribution is 0.0697. The minimum atomic E-state index is -0.970. The minimum Gasteiger partial charge on any atom is -0.478 e. The van der Waals surface area contributed by atoms with Crippen molar-refractivity contribution in [2.24, 2.45) is 5.92 Å². The number of carboxylic acid groups (broad SMARTS) is 1. The maximum Gasteiger partial charge on any atom is 0.335 e. The summed E-state index contributed by atoms with van der Waals surface area (Å²) in [6.45, 7) is 2.68. The van der Waals surface area contributed by atoms with Crippen LogP contribution in [0.5, 0.6) is 0 Å². The molecular weight excluding hydrogens is 234 g/mol. The van der Waals surface area contributed by atoms with Crippen molar-refractivity contribution in [3.8, 4) is 0 Å². The first-order valence-electron chi connectivity index (χ1n) is 5.72. The van der Waals surface area contributed by atoms with Gasteiger partial charge in [0.15, 0.2) is 11.5 Å². The average Bonchev–Trinajstić information content (AvgIpc) is 2.69. The summed E-state index contributed by atoms with van der Waals surface area (Å²) >= 11 is 0. The van der Waals surface area contributed by atoms with E-state index in [-0.39, 0.29) is 5.56 Å². The molecule has 96 valence electrons. The minimum absolute atomic E-state index is 0.204. The number of rotatable bonds is 5. The molecule has 2 rings (SSSR count). The molecule has 1 heterocycles. The summed E-state index contributed by atoms with van der Waals surface area (Å²) in [5.74, 6) is -0.0540. The van der Waals surface area contributed by atoms with Crippen LogP contribution < -0.4 is 0 Å². The van der Waals surface area contributed by atoms with Crippen molar-refractivity contribution in [1.82, 2.24) is 4.98 Å². The summed E-state index contributed by atoms with van der Waals surface area (Å²) in [7, 11) is 1.65. The van der Waals surface area contributed by atoms with Gasteiger partial charge in [-0.15, -0.1) is 0 Å². The zero-order chi connectivity index (χ0) is 13.1. The van der Waals surface area contributed by atoms with Crippen LogP contribution in [0.15, 0.2) is 22.6 Å². The third-order valence-electron chi connectivity index (χ3n) is 2.65. The summed E-state index contributed by atoms with van der Waals surface area (Å²) in [4.78, 5) is 15.2. The van der Waals surface area contributed by atoms with Crippen molar-refractivity contribution in [2.45, 2.75) is 13.3 Å². The number of oxazole rings is 1. The Morgan fingerprint density at radius 1 is 1.56 bits per heavy atom. The summed E-state index contributed by atoms with van der Waals surface area (Å²) in [6.07, 6.45) is 0.672. The highest BCUT2D eigenvalue weighted by atomic mass is 16.5. The van der Waals surface area contributed by atoms with Gasteiger partial charge < -0.3 is 14.3 Å². The Balaban J connectivity index is 2.24. The van der Waals surface area contributed by atoms with Gasteiger partial charge in [-0.05, 0) is 24.1 Å². The van der Waals surface area contributed by atoms with Crippen LogP contribution >= 0.6 is 0 Å². The Morgan fingerprint density at radius 2 is 2.33 bits per heavy atom. The van der Waals surface area contributed by atoms with Crippen LogP contribution in [0.1, 0.15) is 23.2 Å².